The van der Waals surface area contributed by atoms with Gasteiger partial charge in [0, 0.05) is 46.3 Å². The Morgan fingerprint density at radius 1 is 0.356 bits per heavy atom. The zero-order valence-corrected chi connectivity index (χ0v) is 76.5. The number of nitrogens with one attached hydrogen (secondary N) is 3. The highest BCUT2D eigenvalue weighted by Gasteiger charge is 2.50. The zero-order valence-electron chi connectivity index (χ0n) is 75.6. The Labute approximate surface area is 720 Å². The largest absolute Gasteiger partial charge is 0.462 e. The van der Waals surface area contributed by atoms with Crippen molar-refractivity contribution in [3.63, 3.8) is 0 Å². The van der Waals surface area contributed by atoms with Crippen LogP contribution in [0.25, 0.3) is 0 Å². The van der Waals surface area contributed by atoms with E-state index in [4.69, 9.17) is 32.9 Å². The van der Waals surface area contributed by atoms with Crippen molar-refractivity contribution in [2.45, 2.75) is 475 Å². The molecule has 118 heavy (non-hydrogen) atoms. The summed E-state index contributed by atoms with van der Waals surface area (Å²) < 4.78 is 47.6. The molecule has 0 saturated carbocycles. The van der Waals surface area contributed by atoms with Crippen molar-refractivity contribution >= 4 is 43.8 Å². The Morgan fingerprint density at radius 3 is 0.992 bits per heavy atom. The molecule has 0 aliphatic carbocycles. The summed E-state index contributed by atoms with van der Waals surface area (Å²) in [7, 11) is -1.43. The highest BCUT2D eigenvalue weighted by molar-refractivity contribution is 7.50. The Morgan fingerprint density at radius 2 is 0.653 bits per heavy atom. The van der Waals surface area contributed by atoms with Crippen molar-refractivity contribution in [3.8, 4) is 0 Å². The summed E-state index contributed by atoms with van der Waals surface area (Å²) >= 11 is 0. The first kappa shape index (κ1) is 105. The van der Waals surface area contributed by atoms with E-state index in [0.717, 1.165) is 152 Å². The molecule has 672 valence electrons. The van der Waals surface area contributed by atoms with Gasteiger partial charge in [-0.1, -0.05) is 402 Å². The molecule has 0 radical (unpaired) electrons. The minimum Gasteiger partial charge on any atom is -0.462 e. The summed E-state index contributed by atoms with van der Waals surface area (Å²) in [5.41, 5.74) is 3.09. The number of hydrogen-bond acceptors (Lipinski definition) is 13. The summed E-state index contributed by atoms with van der Waals surface area (Å²) in [5, 5.41) is 9.96. The van der Waals surface area contributed by atoms with Gasteiger partial charge < -0.3 is 48.9 Å². The Hall–Kier alpha value is -5.25. The van der Waals surface area contributed by atoms with Gasteiger partial charge in [-0.05, 0) is 74.5 Å². The topological polar surface area (TPSA) is 203 Å². The van der Waals surface area contributed by atoms with E-state index in [1.807, 2.05) is 66.7 Å². The molecule has 16 nitrogen and oxygen atoms in total. The second-order valence-electron chi connectivity index (χ2n) is 34.2. The van der Waals surface area contributed by atoms with Gasteiger partial charge in [0.2, 0.25) is 17.7 Å². The molecule has 1 aliphatic rings. The van der Waals surface area contributed by atoms with Crippen LogP contribution >= 0.6 is 8.15 Å². The molecule has 8 atom stereocenters. The van der Waals surface area contributed by atoms with Gasteiger partial charge in [0.05, 0.1) is 45.1 Å². The molecule has 0 unspecified atom stereocenters. The quantitative estimate of drug-likeness (QED) is 0.0209. The molecule has 0 bridgehead atoms. The van der Waals surface area contributed by atoms with Crippen LogP contribution in [0, 0.1) is 0 Å². The molecular formula is C101H170N3O13P. The number of ether oxygens (including phenoxy) is 6. The lowest BCUT2D eigenvalue weighted by Crippen LogP contribution is -2.70. The van der Waals surface area contributed by atoms with Gasteiger partial charge in [-0.15, -0.1) is 0 Å². The smallest absolute Gasteiger partial charge is 0.306 e. The summed E-state index contributed by atoms with van der Waals surface area (Å²) in [6.45, 7) is 13.6. The summed E-state index contributed by atoms with van der Waals surface area (Å²) in [6.07, 6.45) is 50.8. The lowest BCUT2D eigenvalue weighted by atomic mass is 9.93. The van der Waals surface area contributed by atoms with E-state index in [9.17, 15) is 19.2 Å². The highest BCUT2D eigenvalue weighted by atomic mass is 31.1. The molecule has 1 heterocycles. The Bertz CT molecular complexity index is 2850. The fourth-order valence-corrected chi connectivity index (χ4v) is 18.1. The maximum absolute atomic E-state index is 15.8. The van der Waals surface area contributed by atoms with Crippen LogP contribution in [0.3, 0.4) is 0 Å². The van der Waals surface area contributed by atoms with E-state index >= 15 is 9.59 Å². The summed E-state index contributed by atoms with van der Waals surface area (Å²) in [6, 6.07) is 28.3. The molecule has 3 amide bonds. The maximum Gasteiger partial charge on any atom is 0.306 e. The number of rotatable bonds is 79. The van der Waals surface area contributed by atoms with Crippen LogP contribution in [-0.4, -0.2) is 104 Å². The van der Waals surface area contributed by atoms with Gasteiger partial charge in [0.1, 0.15) is 36.6 Å². The molecule has 3 aromatic rings. The number of unbranched alkanes of at least 4 members (excludes halogenated alkanes) is 42. The van der Waals surface area contributed by atoms with Crippen LogP contribution in [0.4, 0.5) is 0 Å². The Balaban J connectivity index is 1.84. The minimum absolute atomic E-state index is 0.000324. The minimum atomic E-state index is -1.43. The van der Waals surface area contributed by atoms with E-state index < -0.39 is 68.9 Å². The fourth-order valence-electron chi connectivity index (χ4n) is 16.0. The number of hydrogen-bond donors (Lipinski definition) is 3. The number of amides is 3. The van der Waals surface area contributed by atoms with Crippen LogP contribution in [-0.2, 0) is 80.6 Å². The normalized spacial score (nSPS) is 16.1. The lowest BCUT2D eigenvalue weighted by molar-refractivity contribution is -0.248. The van der Waals surface area contributed by atoms with Crippen LogP contribution in [0.2, 0.25) is 0 Å². The van der Waals surface area contributed by atoms with Gasteiger partial charge in [0.15, 0.2) is 6.29 Å². The van der Waals surface area contributed by atoms with Gasteiger partial charge in [-0.25, -0.2) is 0 Å². The average Bonchev–Trinajstić information content (AvgIpc) is 0.779. The molecule has 1 aliphatic heterocycles. The maximum atomic E-state index is 15.8. The molecule has 0 aromatic heterocycles. The highest BCUT2D eigenvalue weighted by Crippen LogP contribution is 2.48. The molecular weight excluding hydrogens is 1490 g/mol. The predicted molar refractivity (Wildman–Crippen MR) is 487 cm³/mol. The molecule has 3 N–H and O–H groups in total. The summed E-state index contributed by atoms with van der Waals surface area (Å²) in [4.78, 5) is 87.4. The van der Waals surface area contributed by atoms with Crippen LogP contribution < -0.4 is 16.0 Å². The van der Waals surface area contributed by atoms with E-state index in [0.29, 0.717) is 50.8 Å². The third-order valence-electron chi connectivity index (χ3n) is 23.1. The zero-order chi connectivity index (χ0) is 84.6. The second-order valence-corrected chi connectivity index (χ2v) is 36.0. The van der Waals surface area contributed by atoms with Crippen LogP contribution in [0.1, 0.15) is 424 Å². The Kier molecular flexibility index (Phi) is 65.3. The number of carbonyl (C=O) groups is 6. The van der Waals surface area contributed by atoms with Gasteiger partial charge >= 0.3 is 17.9 Å². The first-order chi connectivity index (χ1) is 57.9. The first-order valence-electron chi connectivity index (χ1n) is 48.7. The number of benzene rings is 3. The van der Waals surface area contributed by atoms with Gasteiger partial charge in [0.25, 0.3) is 0 Å². The SMILES string of the molecule is CCCCCCCCCCC[C@H](CC(=O)NCCO[C@@H]1O[C@H](COCc2ccccc2)[C@@H](OP(Cc2ccccc2)Cc2ccccc2)[C@@H](NC(=O)C[C@@H](CCCCCCCCCCC)OC(=O)CCCCCCCCC)[C@H]1NC(=O)C[C@@H](CCCCCCCCCCC)OC(=O)CCCCCCCCC)OC(=O)CCCCCCCCC. The average molecular weight is 1670 g/mol. The van der Waals surface area contributed by atoms with E-state index in [-0.39, 0.29) is 82.3 Å². The van der Waals surface area contributed by atoms with Crippen molar-refractivity contribution in [2.24, 2.45) is 0 Å². The van der Waals surface area contributed by atoms with Gasteiger partial charge in [-0.2, -0.15) is 0 Å². The monoisotopic (exact) mass is 1660 g/mol. The molecule has 0 spiro atoms. The van der Waals surface area contributed by atoms with Crippen LogP contribution in [0.5, 0.6) is 0 Å². The first-order valence-corrected chi connectivity index (χ1v) is 50.3. The standard InChI is InChI=1S/C101H170N3O13P/c1-7-13-19-25-31-34-40-43-58-70-88(113-95(108)73-61-46-37-28-22-16-10-4)78-92(105)102-76-77-112-101-99(104-94(107)80-90(72-60-45-42-36-33-27-21-15-9-3)115-97(110)75-63-48-39-30-24-18-12-6)98(103-93(106)79-89(71-59-44-41-35-32-26-20-14-8-2)114-96(109)74-62-47-38-29-23-17-11-5)100(91(116-101)82-111-81-85-64-52-49-53-65-85)117-118(83-86-66-54-50-55-67-86)84-87-68-56-51-57-69-87/h49-57,64-69,88-91,98-101H,7-48,58-63,70-84H2,1-6H3,(H,102,105)(H,103,106)(H,104,107)/t88-,89-,90-,91-,98+,99-,100-,101-/m1/s1. The third-order valence-corrected chi connectivity index (χ3v) is 25.1. The number of carbonyl (C=O) groups excluding carboxylic acids is 6. The van der Waals surface area contributed by atoms with Crippen molar-refractivity contribution < 1.29 is 61.7 Å². The lowest BCUT2D eigenvalue weighted by Gasteiger charge is -2.47. The molecule has 3 aromatic carbocycles. The van der Waals surface area contributed by atoms with Crippen LogP contribution in [0.15, 0.2) is 91.0 Å². The van der Waals surface area contributed by atoms with E-state index in [1.165, 1.54) is 161 Å². The van der Waals surface area contributed by atoms with Crippen molar-refractivity contribution in [1.82, 2.24) is 16.0 Å². The molecule has 17 heteroatoms. The summed E-state index contributed by atoms with van der Waals surface area (Å²) in [5.74, 6) is -1.98. The van der Waals surface area contributed by atoms with E-state index in [2.05, 4.69) is 81.8 Å². The number of esters is 3. The molecule has 4 rings (SSSR count). The van der Waals surface area contributed by atoms with Crippen molar-refractivity contribution in [3.05, 3.63) is 108 Å². The molecule has 1 saturated heterocycles. The van der Waals surface area contributed by atoms with Crippen molar-refractivity contribution in [2.75, 3.05) is 19.8 Å². The van der Waals surface area contributed by atoms with Gasteiger partial charge in [-0.3, -0.25) is 28.8 Å². The predicted octanol–water partition coefficient (Wildman–Crippen LogP) is 26.3. The molecule has 1 fully saturated rings. The van der Waals surface area contributed by atoms with E-state index in [1.54, 1.807) is 0 Å². The fraction of sp³-hybridized carbons (Fsp3) is 0.762. The second kappa shape index (κ2) is 73.3. The third kappa shape index (κ3) is 55.0. The van der Waals surface area contributed by atoms with Crippen molar-refractivity contribution in [1.29, 1.82) is 0 Å².